The zero-order chi connectivity index (χ0) is 10.9. The first kappa shape index (κ1) is 10.8. The first-order chi connectivity index (χ1) is 7.30. The minimum absolute atomic E-state index is 0.379. The highest BCUT2D eigenvalue weighted by atomic mass is 16.1. The van der Waals surface area contributed by atoms with Gasteiger partial charge in [0.1, 0.15) is 0 Å². The second-order valence-electron chi connectivity index (χ2n) is 2.62. The van der Waals surface area contributed by atoms with Gasteiger partial charge in [-0.3, -0.25) is 14.8 Å². The molecule has 0 fully saturated rings. The van der Waals surface area contributed by atoms with Gasteiger partial charge in [0.05, 0.1) is 0 Å². The lowest BCUT2D eigenvalue weighted by atomic mass is 10.2. The topological polar surface area (TPSA) is 68.9 Å². The summed E-state index contributed by atoms with van der Waals surface area (Å²) in [5.74, 6) is -0.379. The average molecular weight is 201 g/mol. The SMILES string of the molecule is NC(=O)c1ccccc1.c1cnccn1. The van der Waals surface area contributed by atoms with E-state index in [0.29, 0.717) is 5.56 Å². The van der Waals surface area contributed by atoms with E-state index in [1.54, 1.807) is 49.1 Å². The molecule has 0 spiro atoms. The molecular weight excluding hydrogens is 190 g/mol. The Labute approximate surface area is 87.8 Å². The first-order valence-corrected chi connectivity index (χ1v) is 4.35. The standard InChI is InChI=1S/C7H7NO.C4H4N2/c8-7(9)6-4-2-1-3-5-6;1-2-6-4-3-5-1/h1-5H,(H2,8,9);1-4H. The largest absolute Gasteiger partial charge is 0.366 e. The molecule has 4 nitrogen and oxygen atoms in total. The highest BCUT2D eigenvalue weighted by molar-refractivity contribution is 5.92. The minimum atomic E-state index is -0.379. The third kappa shape index (κ3) is 4.52. The number of primary amides is 1. The molecule has 1 aromatic carbocycles. The summed E-state index contributed by atoms with van der Waals surface area (Å²) in [4.78, 5) is 17.9. The van der Waals surface area contributed by atoms with Crippen LogP contribution in [-0.2, 0) is 0 Å². The molecule has 15 heavy (non-hydrogen) atoms. The number of aromatic nitrogens is 2. The Kier molecular flexibility index (Phi) is 4.53. The molecule has 1 aromatic heterocycles. The van der Waals surface area contributed by atoms with E-state index in [4.69, 9.17) is 5.73 Å². The maximum Gasteiger partial charge on any atom is 0.248 e. The lowest BCUT2D eigenvalue weighted by Gasteiger charge is -1.89. The van der Waals surface area contributed by atoms with Crippen molar-refractivity contribution in [1.29, 1.82) is 0 Å². The van der Waals surface area contributed by atoms with Crippen LogP contribution in [0, 0.1) is 0 Å². The molecule has 0 unspecified atom stereocenters. The third-order valence-corrected chi connectivity index (χ3v) is 1.54. The molecule has 1 amide bonds. The number of nitrogens with zero attached hydrogens (tertiary/aromatic N) is 2. The van der Waals surface area contributed by atoms with Gasteiger partial charge in [-0.25, -0.2) is 0 Å². The number of carbonyl (C=O) groups is 1. The van der Waals surface area contributed by atoms with E-state index in [1.807, 2.05) is 6.07 Å². The molecule has 2 aromatic rings. The van der Waals surface area contributed by atoms with E-state index < -0.39 is 0 Å². The van der Waals surface area contributed by atoms with Gasteiger partial charge in [-0.2, -0.15) is 0 Å². The molecule has 4 heteroatoms. The van der Waals surface area contributed by atoms with Gasteiger partial charge in [-0.15, -0.1) is 0 Å². The maximum absolute atomic E-state index is 10.4. The molecule has 1 heterocycles. The van der Waals surface area contributed by atoms with Crippen LogP contribution in [0.3, 0.4) is 0 Å². The third-order valence-electron chi connectivity index (χ3n) is 1.54. The van der Waals surface area contributed by atoms with E-state index >= 15 is 0 Å². The summed E-state index contributed by atoms with van der Waals surface area (Å²) in [5.41, 5.74) is 5.53. The van der Waals surface area contributed by atoms with Crippen molar-refractivity contribution in [2.45, 2.75) is 0 Å². The second-order valence-corrected chi connectivity index (χ2v) is 2.62. The van der Waals surface area contributed by atoms with Crippen molar-refractivity contribution in [3.8, 4) is 0 Å². The van der Waals surface area contributed by atoms with Crippen LogP contribution in [0.25, 0.3) is 0 Å². The molecule has 0 radical (unpaired) electrons. The summed E-state index contributed by atoms with van der Waals surface area (Å²) in [5, 5.41) is 0. The fourth-order valence-corrected chi connectivity index (χ4v) is 0.856. The zero-order valence-corrected chi connectivity index (χ0v) is 8.08. The van der Waals surface area contributed by atoms with Crippen molar-refractivity contribution in [2.75, 3.05) is 0 Å². The molecule has 0 saturated carbocycles. The molecule has 0 bridgehead atoms. The summed E-state index contributed by atoms with van der Waals surface area (Å²) in [6.45, 7) is 0. The molecule has 76 valence electrons. The van der Waals surface area contributed by atoms with Crippen molar-refractivity contribution < 1.29 is 4.79 Å². The number of amides is 1. The van der Waals surface area contributed by atoms with Crippen LogP contribution in [0.1, 0.15) is 10.4 Å². The highest BCUT2D eigenvalue weighted by Crippen LogP contribution is 1.94. The Morgan fingerprint density at radius 2 is 1.40 bits per heavy atom. The monoisotopic (exact) mass is 201 g/mol. The van der Waals surface area contributed by atoms with Crippen molar-refractivity contribution in [1.82, 2.24) is 9.97 Å². The van der Waals surface area contributed by atoms with Crippen LogP contribution in [0.15, 0.2) is 55.1 Å². The van der Waals surface area contributed by atoms with Gasteiger partial charge in [0.2, 0.25) is 5.91 Å². The maximum atomic E-state index is 10.4. The van der Waals surface area contributed by atoms with Crippen molar-refractivity contribution >= 4 is 5.91 Å². The van der Waals surface area contributed by atoms with E-state index in [1.165, 1.54) is 0 Å². The summed E-state index contributed by atoms with van der Waals surface area (Å²) < 4.78 is 0. The Morgan fingerprint density at radius 3 is 1.67 bits per heavy atom. The van der Waals surface area contributed by atoms with Gasteiger partial charge < -0.3 is 5.73 Å². The van der Waals surface area contributed by atoms with Crippen LogP contribution >= 0.6 is 0 Å². The molecule has 0 aliphatic heterocycles. The fraction of sp³-hybridized carbons (Fsp3) is 0. The Balaban J connectivity index is 0.000000162. The Morgan fingerprint density at radius 1 is 0.933 bits per heavy atom. The molecular formula is C11H11N3O. The van der Waals surface area contributed by atoms with E-state index in [9.17, 15) is 4.79 Å². The van der Waals surface area contributed by atoms with E-state index in [2.05, 4.69) is 9.97 Å². The highest BCUT2D eigenvalue weighted by Gasteiger charge is 1.93. The number of carbonyl (C=O) groups excluding carboxylic acids is 1. The van der Waals surface area contributed by atoms with Gasteiger partial charge in [0, 0.05) is 30.4 Å². The summed E-state index contributed by atoms with van der Waals surface area (Å²) in [6.07, 6.45) is 6.56. The van der Waals surface area contributed by atoms with Crippen LogP contribution in [0.5, 0.6) is 0 Å². The minimum Gasteiger partial charge on any atom is -0.366 e. The number of benzene rings is 1. The van der Waals surface area contributed by atoms with Crippen LogP contribution in [0.2, 0.25) is 0 Å². The van der Waals surface area contributed by atoms with Crippen molar-refractivity contribution in [3.63, 3.8) is 0 Å². The zero-order valence-electron chi connectivity index (χ0n) is 8.08. The average Bonchev–Trinajstić information content (AvgIpc) is 2.33. The molecule has 2 rings (SSSR count). The number of hydrogen-bond acceptors (Lipinski definition) is 3. The van der Waals surface area contributed by atoms with Crippen molar-refractivity contribution in [3.05, 3.63) is 60.7 Å². The lowest BCUT2D eigenvalue weighted by molar-refractivity contribution is 0.100. The van der Waals surface area contributed by atoms with Crippen LogP contribution in [-0.4, -0.2) is 15.9 Å². The Bertz CT molecular complexity index is 362. The Hall–Kier alpha value is -2.23. The van der Waals surface area contributed by atoms with Crippen molar-refractivity contribution in [2.24, 2.45) is 5.73 Å². The first-order valence-electron chi connectivity index (χ1n) is 4.35. The predicted molar refractivity (Wildman–Crippen MR) is 57.0 cm³/mol. The van der Waals surface area contributed by atoms with Gasteiger partial charge in [0.25, 0.3) is 0 Å². The van der Waals surface area contributed by atoms with Crippen LogP contribution < -0.4 is 5.73 Å². The summed E-state index contributed by atoms with van der Waals surface area (Å²) in [7, 11) is 0. The number of hydrogen-bond donors (Lipinski definition) is 1. The van der Waals surface area contributed by atoms with E-state index in [0.717, 1.165) is 0 Å². The number of rotatable bonds is 1. The molecule has 2 N–H and O–H groups in total. The van der Waals surface area contributed by atoms with Gasteiger partial charge in [-0.05, 0) is 12.1 Å². The number of nitrogens with two attached hydrogens (primary N) is 1. The quantitative estimate of drug-likeness (QED) is 0.755. The molecule has 0 saturated heterocycles. The normalized spacial score (nSPS) is 8.53. The molecule has 0 aliphatic rings. The summed E-state index contributed by atoms with van der Waals surface area (Å²) >= 11 is 0. The van der Waals surface area contributed by atoms with Gasteiger partial charge in [0.15, 0.2) is 0 Å². The molecule has 0 atom stereocenters. The van der Waals surface area contributed by atoms with Gasteiger partial charge in [-0.1, -0.05) is 18.2 Å². The van der Waals surface area contributed by atoms with Gasteiger partial charge >= 0.3 is 0 Å². The van der Waals surface area contributed by atoms with Crippen LogP contribution in [0.4, 0.5) is 0 Å². The predicted octanol–water partition coefficient (Wildman–Crippen LogP) is 1.26. The lowest BCUT2D eigenvalue weighted by Crippen LogP contribution is -2.09. The molecule has 0 aliphatic carbocycles. The summed E-state index contributed by atoms with van der Waals surface area (Å²) in [6, 6.07) is 8.76. The fourth-order valence-electron chi connectivity index (χ4n) is 0.856. The smallest absolute Gasteiger partial charge is 0.248 e. The second kappa shape index (κ2) is 6.26. The van der Waals surface area contributed by atoms with E-state index in [-0.39, 0.29) is 5.91 Å².